The van der Waals surface area contributed by atoms with Crippen LogP contribution in [0.5, 0.6) is 17.2 Å². The van der Waals surface area contributed by atoms with Gasteiger partial charge in [0.05, 0.1) is 26.7 Å². The summed E-state index contributed by atoms with van der Waals surface area (Å²) in [4.78, 5) is 8.02. The zero-order valence-corrected chi connectivity index (χ0v) is 11.6. The van der Waals surface area contributed by atoms with Crippen LogP contribution in [0.1, 0.15) is 0 Å². The molecule has 8 heteroatoms. The van der Waals surface area contributed by atoms with Crippen LogP contribution in [-0.4, -0.2) is 31.3 Å². The Morgan fingerprint density at radius 2 is 1.58 bits per heavy atom. The first-order chi connectivity index (χ1) is 8.62. The number of aromatic nitrogens is 2. The standard InChI is InChI=1S/C11H14N4O3.ClH/c1-16-6-4-5-7(9(18-3)8(6)17-2)14-11(13)15-10(5)12;/h4H,1-3H3,(H4,12,13,14,15);1H. The lowest BCUT2D eigenvalue weighted by Gasteiger charge is -2.14. The first-order valence-electron chi connectivity index (χ1n) is 5.14. The molecular formula is C11H15ClN4O3. The second-order valence-corrected chi connectivity index (χ2v) is 3.51. The summed E-state index contributed by atoms with van der Waals surface area (Å²) in [6.45, 7) is 0. The summed E-state index contributed by atoms with van der Waals surface area (Å²) in [6.07, 6.45) is 0. The van der Waals surface area contributed by atoms with Gasteiger partial charge in [0, 0.05) is 0 Å². The maximum Gasteiger partial charge on any atom is 0.222 e. The molecule has 0 saturated heterocycles. The largest absolute Gasteiger partial charge is 0.493 e. The van der Waals surface area contributed by atoms with Crippen LogP contribution in [0.2, 0.25) is 0 Å². The molecule has 104 valence electrons. The quantitative estimate of drug-likeness (QED) is 0.874. The Morgan fingerprint density at radius 3 is 2.11 bits per heavy atom. The van der Waals surface area contributed by atoms with Crippen LogP contribution in [0.4, 0.5) is 11.8 Å². The molecule has 7 nitrogen and oxygen atoms in total. The zero-order chi connectivity index (χ0) is 13.3. The maximum absolute atomic E-state index is 5.81. The summed E-state index contributed by atoms with van der Waals surface area (Å²) in [6, 6.07) is 1.69. The second-order valence-electron chi connectivity index (χ2n) is 3.51. The Balaban J connectivity index is 0.00000180. The summed E-state index contributed by atoms with van der Waals surface area (Å²) >= 11 is 0. The monoisotopic (exact) mass is 286 g/mol. The van der Waals surface area contributed by atoms with Gasteiger partial charge in [-0.3, -0.25) is 0 Å². The average Bonchev–Trinajstić information content (AvgIpc) is 2.36. The fourth-order valence-corrected chi connectivity index (χ4v) is 1.77. The van der Waals surface area contributed by atoms with Gasteiger partial charge in [0.15, 0.2) is 11.5 Å². The molecule has 0 amide bonds. The highest BCUT2D eigenvalue weighted by Gasteiger charge is 2.19. The number of fused-ring (bicyclic) bond motifs is 1. The van der Waals surface area contributed by atoms with E-state index in [0.717, 1.165) is 0 Å². The fourth-order valence-electron chi connectivity index (χ4n) is 1.77. The van der Waals surface area contributed by atoms with Crippen molar-refractivity contribution in [1.29, 1.82) is 0 Å². The van der Waals surface area contributed by atoms with E-state index in [2.05, 4.69) is 9.97 Å². The SMILES string of the molecule is COc1cc2c(N)nc(N)nc2c(OC)c1OC.Cl. The molecule has 0 spiro atoms. The van der Waals surface area contributed by atoms with Gasteiger partial charge in [-0.1, -0.05) is 0 Å². The van der Waals surface area contributed by atoms with Crippen molar-refractivity contribution in [2.45, 2.75) is 0 Å². The lowest BCUT2D eigenvalue weighted by Crippen LogP contribution is -2.03. The van der Waals surface area contributed by atoms with Gasteiger partial charge in [-0.05, 0) is 6.07 Å². The lowest BCUT2D eigenvalue weighted by molar-refractivity contribution is 0.327. The number of halogens is 1. The van der Waals surface area contributed by atoms with Crippen LogP contribution in [-0.2, 0) is 0 Å². The molecule has 1 heterocycles. The van der Waals surface area contributed by atoms with Crippen molar-refractivity contribution in [3.05, 3.63) is 6.07 Å². The van der Waals surface area contributed by atoms with Gasteiger partial charge < -0.3 is 25.7 Å². The van der Waals surface area contributed by atoms with Crippen molar-refractivity contribution in [3.8, 4) is 17.2 Å². The first-order valence-corrected chi connectivity index (χ1v) is 5.14. The molecule has 0 unspecified atom stereocenters. The highest BCUT2D eigenvalue weighted by Crippen LogP contribution is 2.43. The summed E-state index contributed by atoms with van der Waals surface area (Å²) in [5.41, 5.74) is 11.9. The lowest BCUT2D eigenvalue weighted by atomic mass is 10.2. The summed E-state index contributed by atoms with van der Waals surface area (Å²) in [5.74, 6) is 1.67. The minimum Gasteiger partial charge on any atom is -0.493 e. The van der Waals surface area contributed by atoms with Crippen molar-refractivity contribution in [3.63, 3.8) is 0 Å². The van der Waals surface area contributed by atoms with E-state index >= 15 is 0 Å². The number of nitrogens with zero attached hydrogens (tertiary/aromatic N) is 2. The molecule has 0 bridgehead atoms. The molecular weight excluding hydrogens is 272 g/mol. The number of rotatable bonds is 3. The Labute approximate surface area is 116 Å². The van der Waals surface area contributed by atoms with E-state index in [0.29, 0.717) is 28.2 Å². The summed E-state index contributed by atoms with van der Waals surface area (Å²) in [5, 5.41) is 0.596. The van der Waals surface area contributed by atoms with Gasteiger partial charge in [-0.25, -0.2) is 4.98 Å². The topological polar surface area (TPSA) is 106 Å². The highest BCUT2D eigenvalue weighted by atomic mass is 35.5. The van der Waals surface area contributed by atoms with Crippen molar-refractivity contribution in [1.82, 2.24) is 9.97 Å². The van der Waals surface area contributed by atoms with Crippen molar-refractivity contribution < 1.29 is 14.2 Å². The van der Waals surface area contributed by atoms with Crippen LogP contribution in [0, 0.1) is 0 Å². The third-order valence-corrected chi connectivity index (χ3v) is 2.54. The Morgan fingerprint density at radius 1 is 0.947 bits per heavy atom. The summed E-state index contributed by atoms with van der Waals surface area (Å²) < 4.78 is 15.8. The minimum absolute atomic E-state index is 0. The molecule has 2 rings (SSSR count). The Bertz CT molecular complexity index is 606. The van der Waals surface area contributed by atoms with Crippen LogP contribution in [0.3, 0.4) is 0 Å². The van der Waals surface area contributed by atoms with E-state index in [1.165, 1.54) is 21.3 Å². The van der Waals surface area contributed by atoms with Gasteiger partial charge in [-0.2, -0.15) is 4.98 Å². The summed E-state index contributed by atoms with van der Waals surface area (Å²) in [7, 11) is 4.54. The molecule has 0 saturated carbocycles. The van der Waals surface area contributed by atoms with E-state index in [1.807, 2.05) is 0 Å². The normalized spacial score (nSPS) is 9.84. The molecule has 19 heavy (non-hydrogen) atoms. The van der Waals surface area contributed by atoms with Crippen molar-refractivity contribution >= 4 is 35.1 Å². The predicted molar refractivity (Wildman–Crippen MR) is 75.3 cm³/mol. The number of nitrogens with two attached hydrogens (primary N) is 2. The van der Waals surface area contributed by atoms with Gasteiger partial charge in [0.25, 0.3) is 0 Å². The Hall–Kier alpha value is -2.15. The van der Waals surface area contributed by atoms with Crippen LogP contribution in [0.25, 0.3) is 10.9 Å². The van der Waals surface area contributed by atoms with Crippen LogP contribution in [0.15, 0.2) is 6.07 Å². The molecule has 0 aliphatic rings. The van der Waals surface area contributed by atoms with E-state index in [4.69, 9.17) is 25.7 Å². The van der Waals surface area contributed by atoms with Gasteiger partial charge >= 0.3 is 0 Å². The molecule has 4 N–H and O–H groups in total. The first kappa shape index (κ1) is 14.9. The molecule has 1 aromatic heterocycles. The van der Waals surface area contributed by atoms with E-state index < -0.39 is 0 Å². The molecule has 0 radical (unpaired) electrons. The molecule has 0 atom stereocenters. The van der Waals surface area contributed by atoms with E-state index in [-0.39, 0.29) is 24.2 Å². The number of hydrogen-bond donors (Lipinski definition) is 2. The molecule has 2 aromatic rings. The maximum atomic E-state index is 5.81. The molecule has 1 aromatic carbocycles. The van der Waals surface area contributed by atoms with Crippen molar-refractivity contribution in [2.75, 3.05) is 32.8 Å². The number of benzene rings is 1. The minimum atomic E-state index is 0. The third kappa shape index (κ3) is 2.37. The van der Waals surface area contributed by atoms with Crippen LogP contribution < -0.4 is 25.7 Å². The Kier molecular flexibility index (Phi) is 4.44. The average molecular weight is 287 g/mol. The number of nitrogen functional groups attached to an aromatic ring is 2. The molecule has 0 fully saturated rings. The van der Waals surface area contributed by atoms with Gasteiger partial charge in [-0.15, -0.1) is 12.4 Å². The fraction of sp³-hybridized carbons (Fsp3) is 0.273. The number of anilines is 2. The molecule has 0 aliphatic heterocycles. The van der Waals surface area contributed by atoms with Gasteiger partial charge in [0.2, 0.25) is 11.7 Å². The molecule has 0 aliphatic carbocycles. The number of ether oxygens (including phenoxy) is 3. The van der Waals surface area contributed by atoms with Gasteiger partial charge in [0.1, 0.15) is 11.3 Å². The number of hydrogen-bond acceptors (Lipinski definition) is 7. The third-order valence-electron chi connectivity index (χ3n) is 2.54. The smallest absolute Gasteiger partial charge is 0.222 e. The van der Waals surface area contributed by atoms with Crippen LogP contribution >= 0.6 is 12.4 Å². The van der Waals surface area contributed by atoms with E-state index in [1.54, 1.807) is 6.07 Å². The highest BCUT2D eigenvalue weighted by molar-refractivity contribution is 5.96. The predicted octanol–water partition coefficient (Wildman–Crippen LogP) is 1.24. The second kappa shape index (κ2) is 5.66. The number of methoxy groups -OCH3 is 3. The van der Waals surface area contributed by atoms with E-state index in [9.17, 15) is 0 Å². The van der Waals surface area contributed by atoms with Crippen molar-refractivity contribution in [2.24, 2.45) is 0 Å². The zero-order valence-electron chi connectivity index (χ0n) is 10.8.